The maximum absolute atomic E-state index is 10.8. The molecule has 0 N–H and O–H groups in total. The van der Waals surface area contributed by atoms with Crippen molar-refractivity contribution in [2.45, 2.75) is 51.5 Å². The second kappa shape index (κ2) is 9.38. The van der Waals surface area contributed by atoms with Crippen LogP contribution in [0.1, 0.15) is 20.3 Å². The zero-order valence-corrected chi connectivity index (χ0v) is 15.0. The molecule has 0 spiro atoms. The Morgan fingerprint density at radius 3 is 2.50 bits per heavy atom. The van der Waals surface area contributed by atoms with Crippen molar-refractivity contribution < 1.29 is 14.3 Å². The standard InChI is InChI=1S/C13H28O3Si2/c1-12(2)11-17-8-10-18(4,5)9-6-7-16-13(14)15-3/h11H,6-10,17H2,1-5H3. The van der Waals surface area contributed by atoms with Crippen LogP contribution >= 0.6 is 0 Å². The minimum Gasteiger partial charge on any atom is -0.438 e. The van der Waals surface area contributed by atoms with Gasteiger partial charge in [0.1, 0.15) is 0 Å². The van der Waals surface area contributed by atoms with Gasteiger partial charge in [0.05, 0.1) is 13.7 Å². The van der Waals surface area contributed by atoms with Gasteiger partial charge in [-0.15, -0.1) is 5.70 Å². The van der Waals surface area contributed by atoms with Gasteiger partial charge in [-0.1, -0.05) is 36.8 Å². The zero-order chi connectivity index (χ0) is 14.0. The third kappa shape index (κ3) is 10.6. The summed E-state index contributed by atoms with van der Waals surface area (Å²) in [5.41, 5.74) is 3.91. The smallest absolute Gasteiger partial charge is 0.438 e. The molecule has 0 amide bonds. The van der Waals surface area contributed by atoms with E-state index < -0.39 is 14.2 Å². The lowest BCUT2D eigenvalue weighted by atomic mass is 10.4. The Hall–Kier alpha value is -0.556. The van der Waals surface area contributed by atoms with Crippen LogP contribution in [-0.4, -0.2) is 37.5 Å². The summed E-state index contributed by atoms with van der Waals surface area (Å²) in [6, 6.07) is 4.05. The van der Waals surface area contributed by atoms with Crippen LogP contribution in [0.5, 0.6) is 0 Å². The molecule has 3 nitrogen and oxygen atoms in total. The molecule has 0 aromatic rings. The van der Waals surface area contributed by atoms with Crippen LogP contribution in [-0.2, 0) is 9.47 Å². The quantitative estimate of drug-likeness (QED) is 0.390. The van der Waals surface area contributed by atoms with E-state index in [2.05, 4.69) is 37.4 Å². The van der Waals surface area contributed by atoms with E-state index in [9.17, 15) is 4.79 Å². The van der Waals surface area contributed by atoms with Crippen molar-refractivity contribution in [1.29, 1.82) is 0 Å². The van der Waals surface area contributed by atoms with E-state index in [1.54, 1.807) is 0 Å². The molecule has 0 aliphatic heterocycles. The second-order valence-electron chi connectivity index (χ2n) is 5.74. The van der Waals surface area contributed by atoms with Crippen LogP contribution in [0.25, 0.3) is 0 Å². The van der Waals surface area contributed by atoms with Crippen molar-refractivity contribution in [2.75, 3.05) is 13.7 Å². The van der Waals surface area contributed by atoms with Crippen LogP contribution in [0.3, 0.4) is 0 Å². The topological polar surface area (TPSA) is 35.5 Å². The number of carbonyl (C=O) groups is 1. The average molecular weight is 289 g/mol. The maximum Gasteiger partial charge on any atom is 0.507 e. The van der Waals surface area contributed by atoms with Crippen molar-refractivity contribution in [3.8, 4) is 0 Å². The fourth-order valence-corrected chi connectivity index (χ4v) is 8.64. The Morgan fingerprint density at radius 2 is 1.94 bits per heavy atom. The minimum absolute atomic E-state index is 0.00625. The highest BCUT2D eigenvalue weighted by Crippen LogP contribution is 2.19. The molecule has 0 aliphatic rings. The zero-order valence-electron chi connectivity index (χ0n) is 12.5. The van der Waals surface area contributed by atoms with Gasteiger partial charge in [0.25, 0.3) is 0 Å². The van der Waals surface area contributed by atoms with E-state index in [1.807, 2.05) is 0 Å². The first kappa shape index (κ1) is 17.4. The molecular weight excluding hydrogens is 260 g/mol. The summed E-state index contributed by atoms with van der Waals surface area (Å²) < 4.78 is 9.34. The molecule has 0 aliphatic carbocycles. The van der Waals surface area contributed by atoms with Crippen molar-refractivity contribution in [3.05, 3.63) is 11.3 Å². The number of allylic oxidation sites excluding steroid dienone is 1. The lowest BCUT2D eigenvalue weighted by Gasteiger charge is -2.21. The number of hydrogen-bond acceptors (Lipinski definition) is 3. The molecule has 0 aromatic heterocycles. The fourth-order valence-electron chi connectivity index (χ4n) is 1.86. The number of hydrogen-bond donors (Lipinski definition) is 0. The van der Waals surface area contributed by atoms with Gasteiger partial charge >= 0.3 is 6.16 Å². The van der Waals surface area contributed by atoms with Crippen LogP contribution in [0.15, 0.2) is 11.3 Å². The molecular formula is C13H28O3Si2. The fraction of sp³-hybridized carbons (Fsp3) is 0.769. The Bertz CT molecular complexity index is 271. The Morgan fingerprint density at radius 1 is 1.28 bits per heavy atom. The number of carbonyl (C=O) groups excluding carboxylic acids is 1. The lowest BCUT2D eigenvalue weighted by molar-refractivity contribution is 0.0728. The van der Waals surface area contributed by atoms with Crippen LogP contribution < -0.4 is 0 Å². The third-order valence-electron chi connectivity index (χ3n) is 2.99. The van der Waals surface area contributed by atoms with Crippen molar-refractivity contribution in [1.82, 2.24) is 0 Å². The predicted molar refractivity (Wildman–Crippen MR) is 82.9 cm³/mol. The first-order valence-electron chi connectivity index (χ1n) is 6.71. The highest BCUT2D eigenvalue weighted by molar-refractivity contribution is 6.78. The predicted octanol–water partition coefficient (Wildman–Crippen LogP) is 3.38. The first-order chi connectivity index (χ1) is 8.37. The highest BCUT2D eigenvalue weighted by Gasteiger charge is 2.19. The van der Waals surface area contributed by atoms with Gasteiger partial charge in [-0.05, 0) is 20.3 Å². The van der Waals surface area contributed by atoms with E-state index >= 15 is 0 Å². The number of methoxy groups -OCH3 is 1. The van der Waals surface area contributed by atoms with Crippen molar-refractivity contribution in [3.63, 3.8) is 0 Å². The van der Waals surface area contributed by atoms with Gasteiger partial charge in [0.15, 0.2) is 0 Å². The van der Waals surface area contributed by atoms with E-state index in [1.165, 1.54) is 30.8 Å². The molecule has 0 unspecified atom stereocenters. The van der Waals surface area contributed by atoms with Gasteiger partial charge in [0.2, 0.25) is 0 Å². The molecule has 0 rings (SSSR count). The molecule has 0 fully saturated rings. The average Bonchev–Trinajstić information content (AvgIpc) is 2.30. The first-order valence-corrected chi connectivity index (χ1v) is 11.9. The summed E-state index contributed by atoms with van der Waals surface area (Å²) in [7, 11) is 0.264. The van der Waals surface area contributed by atoms with Gasteiger partial charge in [-0.2, -0.15) is 0 Å². The van der Waals surface area contributed by atoms with E-state index in [0.717, 1.165) is 6.42 Å². The third-order valence-corrected chi connectivity index (χ3v) is 8.98. The van der Waals surface area contributed by atoms with E-state index in [0.29, 0.717) is 6.61 Å². The van der Waals surface area contributed by atoms with Gasteiger partial charge in [-0.25, -0.2) is 4.79 Å². The molecule has 0 saturated heterocycles. The van der Waals surface area contributed by atoms with Crippen LogP contribution in [0.2, 0.25) is 31.2 Å². The molecule has 18 heavy (non-hydrogen) atoms. The highest BCUT2D eigenvalue weighted by atomic mass is 28.3. The second-order valence-corrected chi connectivity index (χ2v) is 12.8. The molecule has 0 radical (unpaired) electrons. The van der Waals surface area contributed by atoms with Gasteiger partial charge < -0.3 is 9.47 Å². The normalized spacial score (nSPS) is 11.6. The summed E-state index contributed by atoms with van der Waals surface area (Å²) in [5, 5.41) is 0. The summed E-state index contributed by atoms with van der Waals surface area (Å²) in [6.45, 7) is 9.72. The maximum atomic E-state index is 10.8. The van der Waals surface area contributed by atoms with E-state index in [4.69, 9.17) is 4.74 Å². The minimum atomic E-state index is -1.08. The molecule has 106 valence electrons. The largest absolute Gasteiger partial charge is 0.507 e. The summed E-state index contributed by atoms with van der Waals surface area (Å²) in [5.74, 6) is 0. The van der Waals surface area contributed by atoms with E-state index in [-0.39, 0.29) is 9.52 Å². The Kier molecular flexibility index (Phi) is 9.09. The molecule has 0 heterocycles. The lowest BCUT2D eigenvalue weighted by Crippen LogP contribution is -2.25. The molecule has 0 saturated carbocycles. The molecule has 5 heteroatoms. The Balaban J connectivity index is 3.66. The summed E-state index contributed by atoms with van der Waals surface area (Å²) in [4.78, 5) is 10.8. The number of ether oxygens (including phenoxy) is 2. The SMILES string of the molecule is COC(=O)OCCC[Si](C)(C)CC[SiH2]C=C(C)C. The van der Waals surface area contributed by atoms with Crippen LogP contribution in [0, 0.1) is 0 Å². The summed E-state index contributed by atoms with van der Waals surface area (Å²) in [6.07, 6.45) is 0.406. The van der Waals surface area contributed by atoms with Gasteiger partial charge in [0, 0.05) is 17.6 Å². The monoisotopic (exact) mass is 288 g/mol. The van der Waals surface area contributed by atoms with Crippen molar-refractivity contribution in [2.24, 2.45) is 0 Å². The Labute approximate surface area is 115 Å². The molecule has 0 aromatic carbocycles. The molecule has 0 bridgehead atoms. The number of rotatable bonds is 8. The van der Waals surface area contributed by atoms with Crippen LogP contribution in [0.4, 0.5) is 4.79 Å². The van der Waals surface area contributed by atoms with Crippen molar-refractivity contribution >= 4 is 23.7 Å². The molecule has 0 atom stereocenters. The summed E-state index contributed by atoms with van der Waals surface area (Å²) >= 11 is 0. The van der Waals surface area contributed by atoms with Gasteiger partial charge in [-0.3, -0.25) is 0 Å².